The van der Waals surface area contributed by atoms with Crippen molar-refractivity contribution in [3.05, 3.63) is 82.1 Å². The Bertz CT molecular complexity index is 1150. The van der Waals surface area contributed by atoms with Crippen LogP contribution in [0.25, 0.3) is 11.8 Å². The molecule has 7 nitrogen and oxygen atoms in total. The number of hydrogen-bond donors (Lipinski definition) is 1. The van der Waals surface area contributed by atoms with Gasteiger partial charge in [0, 0.05) is 16.2 Å². The standard InChI is InChI=1S/C22H17BrN4O3/c1-2-30-22(29)20-16(14-27(26-20)17-8-4-3-5-9-17)12-15(13-24)21(28)25-19-11-7-6-10-18(19)23/h3-12,14H,2H2,1H3,(H,25,28). The zero-order valence-electron chi connectivity index (χ0n) is 16.0. The van der Waals surface area contributed by atoms with E-state index < -0.39 is 11.9 Å². The molecule has 0 fully saturated rings. The van der Waals surface area contributed by atoms with E-state index in [4.69, 9.17) is 4.74 Å². The summed E-state index contributed by atoms with van der Waals surface area (Å²) in [5, 5.41) is 16.5. The molecule has 30 heavy (non-hydrogen) atoms. The summed E-state index contributed by atoms with van der Waals surface area (Å²) in [6.07, 6.45) is 2.90. The highest BCUT2D eigenvalue weighted by Gasteiger charge is 2.20. The highest BCUT2D eigenvalue weighted by atomic mass is 79.9. The van der Waals surface area contributed by atoms with Crippen LogP contribution in [0.3, 0.4) is 0 Å². The molecule has 0 aliphatic rings. The van der Waals surface area contributed by atoms with Crippen LogP contribution in [0.4, 0.5) is 5.69 Å². The Labute approximate surface area is 181 Å². The van der Waals surface area contributed by atoms with Crippen LogP contribution in [-0.4, -0.2) is 28.3 Å². The molecule has 2 aromatic carbocycles. The number of nitriles is 1. The van der Waals surface area contributed by atoms with Crippen molar-refractivity contribution in [2.24, 2.45) is 0 Å². The zero-order valence-corrected chi connectivity index (χ0v) is 17.6. The smallest absolute Gasteiger partial charge is 0.359 e. The number of aromatic nitrogens is 2. The average molecular weight is 465 g/mol. The minimum atomic E-state index is -0.637. The first-order valence-electron chi connectivity index (χ1n) is 9.03. The van der Waals surface area contributed by atoms with Gasteiger partial charge in [-0.3, -0.25) is 4.79 Å². The van der Waals surface area contributed by atoms with Gasteiger partial charge in [-0.15, -0.1) is 0 Å². The molecule has 1 N–H and O–H groups in total. The predicted octanol–water partition coefficient (Wildman–Crippen LogP) is 4.36. The number of para-hydroxylation sites is 2. The minimum absolute atomic E-state index is 0.0159. The number of hydrogen-bond acceptors (Lipinski definition) is 5. The van der Waals surface area contributed by atoms with E-state index in [1.165, 1.54) is 10.8 Å². The summed E-state index contributed by atoms with van der Waals surface area (Å²) in [6.45, 7) is 1.86. The number of nitrogens with one attached hydrogen (secondary N) is 1. The van der Waals surface area contributed by atoms with Crippen LogP contribution in [0, 0.1) is 11.3 Å². The lowest BCUT2D eigenvalue weighted by Crippen LogP contribution is -2.14. The molecule has 3 rings (SSSR count). The molecule has 3 aromatic rings. The van der Waals surface area contributed by atoms with Crippen LogP contribution in [0.5, 0.6) is 0 Å². The Morgan fingerprint density at radius 3 is 2.57 bits per heavy atom. The van der Waals surface area contributed by atoms with E-state index in [-0.39, 0.29) is 17.9 Å². The average Bonchev–Trinajstić information content (AvgIpc) is 3.18. The third-order valence-corrected chi connectivity index (χ3v) is 4.71. The number of carbonyl (C=O) groups is 2. The number of nitrogens with zero attached hydrogens (tertiary/aromatic N) is 3. The fourth-order valence-corrected chi connectivity index (χ4v) is 3.00. The minimum Gasteiger partial charge on any atom is -0.461 e. The summed E-state index contributed by atoms with van der Waals surface area (Å²) in [7, 11) is 0. The van der Waals surface area contributed by atoms with Crippen molar-refractivity contribution in [1.29, 1.82) is 5.26 Å². The first-order chi connectivity index (χ1) is 14.5. The van der Waals surface area contributed by atoms with Crippen LogP contribution < -0.4 is 5.32 Å². The van der Waals surface area contributed by atoms with Crippen molar-refractivity contribution in [2.45, 2.75) is 6.92 Å². The first kappa shape index (κ1) is 21.0. The SMILES string of the molecule is CCOC(=O)c1nn(-c2ccccc2)cc1C=C(C#N)C(=O)Nc1ccccc1Br. The molecule has 1 aromatic heterocycles. The van der Waals surface area contributed by atoms with Gasteiger partial charge < -0.3 is 10.1 Å². The number of esters is 1. The van der Waals surface area contributed by atoms with E-state index in [2.05, 4.69) is 26.3 Å². The Hall–Kier alpha value is -3.70. The van der Waals surface area contributed by atoms with E-state index in [1.807, 2.05) is 42.5 Å². The molecule has 0 aliphatic carbocycles. The quantitative estimate of drug-likeness (QED) is 0.332. The highest BCUT2D eigenvalue weighted by Crippen LogP contribution is 2.22. The molecule has 1 amide bonds. The fourth-order valence-electron chi connectivity index (χ4n) is 2.62. The number of carbonyl (C=O) groups excluding carboxylic acids is 2. The lowest BCUT2D eigenvalue weighted by Gasteiger charge is -2.06. The number of benzene rings is 2. The number of anilines is 1. The molecule has 0 spiro atoms. The lowest BCUT2D eigenvalue weighted by atomic mass is 10.1. The predicted molar refractivity (Wildman–Crippen MR) is 116 cm³/mol. The maximum atomic E-state index is 12.6. The normalized spacial score (nSPS) is 10.9. The van der Waals surface area contributed by atoms with Crippen molar-refractivity contribution in [3.63, 3.8) is 0 Å². The second-order valence-electron chi connectivity index (χ2n) is 6.04. The van der Waals surface area contributed by atoms with Crippen molar-refractivity contribution >= 4 is 39.6 Å². The zero-order chi connectivity index (χ0) is 21.5. The number of ether oxygens (including phenoxy) is 1. The molecule has 0 atom stereocenters. The van der Waals surface area contributed by atoms with Gasteiger partial charge in [0.15, 0.2) is 5.69 Å². The van der Waals surface area contributed by atoms with Gasteiger partial charge >= 0.3 is 5.97 Å². The van der Waals surface area contributed by atoms with Gasteiger partial charge in [0.1, 0.15) is 11.6 Å². The summed E-state index contributed by atoms with van der Waals surface area (Å²) < 4.78 is 7.25. The summed E-state index contributed by atoms with van der Waals surface area (Å²) in [5.41, 5.74) is 1.38. The van der Waals surface area contributed by atoms with Crippen molar-refractivity contribution in [1.82, 2.24) is 9.78 Å². The van der Waals surface area contributed by atoms with E-state index >= 15 is 0 Å². The third kappa shape index (κ3) is 4.82. The van der Waals surface area contributed by atoms with Crippen molar-refractivity contribution in [3.8, 4) is 11.8 Å². The van der Waals surface area contributed by atoms with Crippen LogP contribution in [0.15, 0.2) is 70.8 Å². The summed E-state index contributed by atoms with van der Waals surface area (Å²) in [4.78, 5) is 25.0. The Morgan fingerprint density at radius 2 is 1.90 bits per heavy atom. The van der Waals surface area contributed by atoms with Crippen LogP contribution in [0.2, 0.25) is 0 Å². The van der Waals surface area contributed by atoms with Crippen LogP contribution in [0.1, 0.15) is 23.0 Å². The highest BCUT2D eigenvalue weighted by molar-refractivity contribution is 9.10. The third-order valence-electron chi connectivity index (χ3n) is 4.02. The van der Waals surface area contributed by atoms with Crippen LogP contribution in [-0.2, 0) is 9.53 Å². The molecular formula is C22H17BrN4O3. The van der Waals surface area contributed by atoms with Crippen molar-refractivity contribution < 1.29 is 14.3 Å². The second kappa shape index (κ2) is 9.67. The van der Waals surface area contributed by atoms with E-state index in [1.54, 1.807) is 31.3 Å². The van der Waals surface area contributed by atoms with Gasteiger partial charge in [0.25, 0.3) is 5.91 Å². The molecular weight excluding hydrogens is 448 g/mol. The number of amides is 1. The topological polar surface area (TPSA) is 97.0 Å². The van der Waals surface area contributed by atoms with Gasteiger partial charge in [0.2, 0.25) is 0 Å². The largest absolute Gasteiger partial charge is 0.461 e. The molecule has 0 bridgehead atoms. The number of halogens is 1. The molecule has 8 heteroatoms. The van der Waals surface area contributed by atoms with Gasteiger partial charge in [-0.2, -0.15) is 10.4 Å². The van der Waals surface area contributed by atoms with Gasteiger partial charge in [0.05, 0.1) is 18.0 Å². The molecule has 0 aliphatic heterocycles. The number of rotatable bonds is 6. The second-order valence-corrected chi connectivity index (χ2v) is 6.89. The fraction of sp³-hybridized carbons (Fsp3) is 0.0909. The molecule has 0 radical (unpaired) electrons. The van der Waals surface area contributed by atoms with Gasteiger partial charge in [-0.1, -0.05) is 30.3 Å². The Morgan fingerprint density at radius 1 is 1.20 bits per heavy atom. The van der Waals surface area contributed by atoms with Crippen LogP contribution >= 0.6 is 15.9 Å². The lowest BCUT2D eigenvalue weighted by molar-refractivity contribution is -0.112. The molecule has 0 saturated carbocycles. The summed E-state index contributed by atoms with van der Waals surface area (Å²) >= 11 is 3.35. The molecule has 1 heterocycles. The monoisotopic (exact) mass is 464 g/mol. The Kier molecular flexibility index (Phi) is 6.78. The molecule has 0 unspecified atom stereocenters. The van der Waals surface area contributed by atoms with E-state index in [9.17, 15) is 14.9 Å². The maximum Gasteiger partial charge on any atom is 0.359 e. The van der Waals surface area contributed by atoms with Crippen molar-refractivity contribution in [2.75, 3.05) is 11.9 Å². The Balaban J connectivity index is 1.99. The van der Waals surface area contributed by atoms with Gasteiger partial charge in [-0.25, -0.2) is 9.48 Å². The molecule has 0 saturated heterocycles. The van der Waals surface area contributed by atoms with Gasteiger partial charge in [-0.05, 0) is 53.2 Å². The van der Waals surface area contributed by atoms with E-state index in [0.717, 1.165) is 5.69 Å². The maximum absolute atomic E-state index is 12.6. The first-order valence-corrected chi connectivity index (χ1v) is 9.82. The molecule has 150 valence electrons. The van der Waals surface area contributed by atoms with E-state index in [0.29, 0.717) is 15.7 Å². The summed E-state index contributed by atoms with van der Waals surface area (Å²) in [5.74, 6) is -1.24. The summed E-state index contributed by atoms with van der Waals surface area (Å²) in [6, 6.07) is 18.1.